The van der Waals surface area contributed by atoms with Crippen LogP contribution < -0.4 is 15.8 Å². The Hall–Kier alpha value is -3.33. The van der Waals surface area contributed by atoms with Crippen LogP contribution in [0.5, 0.6) is 0 Å². The Balaban J connectivity index is 1.14. The normalized spacial score (nSPS) is 22.3. The molecule has 0 spiro atoms. The van der Waals surface area contributed by atoms with Crippen LogP contribution in [0.3, 0.4) is 0 Å². The van der Waals surface area contributed by atoms with E-state index in [9.17, 15) is 9.59 Å². The number of aromatic nitrogens is 3. The quantitative estimate of drug-likeness (QED) is 0.621. The highest BCUT2D eigenvalue weighted by Gasteiger charge is 2.49. The number of nitrogens with one attached hydrogen (secondary N) is 2. The number of pyridine rings is 1. The Kier molecular flexibility index (Phi) is 4.69. The lowest BCUT2D eigenvalue weighted by Crippen LogP contribution is -2.46. The SMILES string of the molecule is Cc1nc2ccc(CN3CCN(c4ccc(C(=O)NC5CC5)nc4)C4C[C@H]43)c(F)c2[nH]c1=O. The van der Waals surface area contributed by atoms with E-state index < -0.39 is 5.82 Å². The molecule has 3 aliphatic rings. The first kappa shape index (κ1) is 20.3. The number of fused-ring (bicyclic) bond motifs is 2. The molecule has 6 rings (SSSR count). The molecule has 2 saturated carbocycles. The number of amides is 1. The first-order valence-electron chi connectivity index (χ1n) is 11.4. The average Bonchev–Trinajstić information content (AvgIpc) is 3.73. The van der Waals surface area contributed by atoms with Gasteiger partial charge in [-0.25, -0.2) is 14.4 Å². The van der Waals surface area contributed by atoms with Gasteiger partial charge in [-0.15, -0.1) is 0 Å². The van der Waals surface area contributed by atoms with Crippen LogP contribution in [-0.2, 0) is 6.54 Å². The van der Waals surface area contributed by atoms with Crippen molar-refractivity contribution in [3.8, 4) is 0 Å². The molecule has 8 nitrogen and oxygen atoms in total. The van der Waals surface area contributed by atoms with Crippen LogP contribution in [-0.4, -0.2) is 57.0 Å². The number of aromatic amines is 1. The number of carbonyl (C=O) groups is 1. The van der Waals surface area contributed by atoms with Crippen molar-refractivity contribution in [2.45, 2.75) is 50.9 Å². The zero-order valence-corrected chi connectivity index (χ0v) is 18.3. The predicted octanol–water partition coefficient (Wildman–Crippen LogP) is 2.12. The number of nitrogens with zero attached hydrogens (tertiary/aromatic N) is 4. The van der Waals surface area contributed by atoms with Gasteiger partial charge in [0.25, 0.3) is 11.5 Å². The molecular formula is C24H25FN6O2. The molecule has 3 heterocycles. The Morgan fingerprint density at radius 1 is 1.21 bits per heavy atom. The van der Waals surface area contributed by atoms with Crippen LogP contribution in [0.15, 0.2) is 35.3 Å². The van der Waals surface area contributed by atoms with E-state index in [1.165, 1.54) is 0 Å². The fourth-order valence-corrected chi connectivity index (χ4v) is 4.76. The van der Waals surface area contributed by atoms with Gasteiger partial charge in [-0.1, -0.05) is 6.07 Å². The van der Waals surface area contributed by atoms with Crippen molar-refractivity contribution >= 4 is 22.6 Å². The molecule has 33 heavy (non-hydrogen) atoms. The number of halogens is 1. The molecule has 2 aliphatic carbocycles. The van der Waals surface area contributed by atoms with E-state index in [0.717, 1.165) is 38.0 Å². The van der Waals surface area contributed by atoms with Crippen molar-refractivity contribution in [3.05, 3.63) is 63.6 Å². The largest absolute Gasteiger partial charge is 0.364 e. The summed E-state index contributed by atoms with van der Waals surface area (Å²) in [6, 6.07) is 8.31. The van der Waals surface area contributed by atoms with Gasteiger partial charge in [0, 0.05) is 43.3 Å². The molecule has 2 aromatic heterocycles. The summed E-state index contributed by atoms with van der Waals surface area (Å²) in [6.07, 6.45) is 4.89. The molecule has 1 aromatic carbocycles. The number of aryl methyl sites for hydroxylation is 1. The molecular weight excluding hydrogens is 423 g/mol. The van der Waals surface area contributed by atoms with Crippen molar-refractivity contribution in [2.24, 2.45) is 0 Å². The third kappa shape index (κ3) is 3.76. The average molecular weight is 449 g/mol. The molecule has 3 aromatic rings. The van der Waals surface area contributed by atoms with Crippen molar-refractivity contribution in [2.75, 3.05) is 18.0 Å². The summed E-state index contributed by atoms with van der Waals surface area (Å²) in [5, 5.41) is 2.96. The van der Waals surface area contributed by atoms with Crippen molar-refractivity contribution in [3.63, 3.8) is 0 Å². The second-order valence-corrected chi connectivity index (χ2v) is 9.27. The molecule has 1 amide bonds. The molecule has 2 atom stereocenters. The topological polar surface area (TPSA) is 94.2 Å². The van der Waals surface area contributed by atoms with Gasteiger partial charge in [-0.2, -0.15) is 0 Å². The molecule has 1 aliphatic heterocycles. The Bertz CT molecular complexity index is 1300. The van der Waals surface area contributed by atoms with Crippen LogP contribution in [0.2, 0.25) is 0 Å². The highest BCUT2D eigenvalue weighted by atomic mass is 19.1. The number of hydrogen-bond acceptors (Lipinski definition) is 6. The molecule has 9 heteroatoms. The van der Waals surface area contributed by atoms with Gasteiger partial charge in [-0.05, 0) is 44.4 Å². The summed E-state index contributed by atoms with van der Waals surface area (Å²) in [5.41, 5.74) is 2.63. The predicted molar refractivity (Wildman–Crippen MR) is 122 cm³/mol. The number of H-pyrrole nitrogens is 1. The zero-order valence-electron chi connectivity index (χ0n) is 18.3. The van der Waals surface area contributed by atoms with Gasteiger partial charge in [-0.3, -0.25) is 14.5 Å². The smallest absolute Gasteiger partial charge is 0.270 e. The monoisotopic (exact) mass is 448 g/mol. The lowest BCUT2D eigenvalue weighted by atomic mass is 10.1. The summed E-state index contributed by atoms with van der Waals surface area (Å²) >= 11 is 0. The standard InChI is InChI=1S/C24H25FN6O2/c1-13-23(32)29-22-17(27-13)6-2-14(21(22)25)12-30-8-9-31(20-10-19(20)30)16-5-7-18(26-11-16)24(33)28-15-3-4-15/h2,5-7,11,15,19-20H,3-4,8-10,12H2,1H3,(H,28,33)(H,29,32)/t19-,20?/m1/s1. The van der Waals surface area contributed by atoms with Crippen LogP contribution in [0.25, 0.3) is 11.0 Å². The third-order valence-electron chi connectivity index (χ3n) is 6.87. The minimum atomic E-state index is -0.402. The van der Waals surface area contributed by atoms with Gasteiger partial charge in [0.05, 0.1) is 17.4 Å². The zero-order chi connectivity index (χ0) is 22.7. The fraction of sp³-hybridized carbons (Fsp3) is 0.417. The Morgan fingerprint density at radius 3 is 2.82 bits per heavy atom. The fourth-order valence-electron chi connectivity index (χ4n) is 4.76. The Labute approximate surface area is 189 Å². The summed E-state index contributed by atoms with van der Waals surface area (Å²) in [6.45, 7) is 3.71. The molecule has 3 fully saturated rings. The first-order valence-corrected chi connectivity index (χ1v) is 11.4. The minimum Gasteiger partial charge on any atom is -0.364 e. The summed E-state index contributed by atoms with van der Waals surface area (Å²) in [7, 11) is 0. The third-order valence-corrected chi connectivity index (χ3v) is 6.87. The van der Waals surface area contributed by atoms with E-state index in [4.69, 9.17) is 0 Å². The van der Waals surface area contributed by atoms with Gasteiger partial charge in [0.15, 0.2) is 5.82 Å². The maximum absolute atomic E-state index is 15.1. The number of anilines is 1. The first-order chi connectivity index (χ1) is 16.0. The second-order valence-electron chi connectivity index (χ2n) is 9.27. The summed E-state index contributed by atoms with van der Waals surface area (Å²) in [4.78, 5) is 39.9. The molecule has 1 saturated heterocycles. The van der Waals surface area contributed by atoms with E-state index in [0.29, 0.717) is 47.1 Å². The van der Waals surface area contributed by atoms with Gasteiger partial charge in [0.1, 0.15) is 16.9 Å². The van der Waals surface area contributed by atoms with Crippen LogP contribution in [0.4, 0.5) is 10.1 Å². The van der Waals surface area contributed by atoms with E-state index in [1.54, 1.807) is 31.3 Å². The number of hydrogen-bond donors (Lipinski definition) is 2. The van der Waals surface area contributed by atoms with Crippen LogP contribution in [0.1, 0.15) is 41.0 Å². The number of piperazine rings is 1. The molecule has 0 bridgehead atoms. The Morgan fingerprint density at radius 2 is 2.06 bits per heavy atom. The molecule has 170 valence electrons. The molecule has 0 radical (unpaired) electrons. The highest BCUT2D eigenvalue weighted by molar-refractivity contribution is 5.92. The van der Waals surface area contributed by atoms with E-state index in [-0.39, 0.29) is 17.0 Å². The van der Waals surface area contributed by atoms with Crippen molar-refractivity contribution in [1.29, 1.82) is 0 Å². The van der Waals surface area contributed by atoms with Crippen molar-refractivity contribution < 1.29 is 9.18 Å². The second kappa shape index (κ2) is 7.62. The van der Waals surface area contributed by atoms with Crippen LogP contribution >= 0.6 is 0 Å². The molecule has 1 unspecified atom stereocenters. The number of carbonyl (C=O) groups excluding carboxylic acids is 1. The number of benzene rings is 1. The summed E-state index contributed by atoms with van der Waals surface area (Å²) < 4.78 is 15.1. The van der Waals surface area contributed by atoms with E-state index in [1.807, 2.05) is 6.07 Å². The van der Waals surface area contributed by atoms with Crippen LogP contribution in [0, 0.1) is 12.7 Å². The summed E-state index contributed by atoms with van der Waals surface area (Å²) in [5.74, 6) is -0.511. The van der Waals surface area contributed by atoms with E-state index >= 15 is 4.39 Å². The van der Waals surface area contributed by atoms with Gasteiger partial charge < -0.3 is 15.2 Å². The lowest BCUT2D eigenvalue weighted by molar-refractivity contribution is 0.0946. The minimum absolute atomic E-state index is 0.109. The lowest BCUT2D eigenvalue weighted by Gasteiger charge is -2.35. The molecule has 2 N–H and O–H groups in total. The maximum atomic E-state index is 15.1. The van der Waals surface area contributed by atoms with Gasteiger partial charge >= 0.3 is 0 Å². The number of rotatable bonds is 5. The maximum Gasteiger partial charge on any atom is 0.270 e. The van der Waals surface area contributed by atoms with Gasteiger partial charge in [0.2, 0.25) is 0 Å². The van der Waals surface area contributed by atoms with Crippen molar-refractivity contribution in [1.82, 2.24) is 25.2 Å². The highest BCUT2D eigenvalue weighted by Crippen LogP contribution is 2.40. The van der Waals surface area contributed by atoms with E-state index in [2.05, 4.69) is 30.1 Å².